The van der Waals surface area contributed by atoms with E-state index in [1.54, 1.807) is 0 Å². The van der Waals surface area contributed by atoms with Gasteiger partial charge < -0.3 is 10.3 Å². The molecular formula is C15H27N3S. The molecule has 1 fully saturated rings. The summed E-state index contributed by atoms with van der Waals surface area (Å²) in [7, 11) is 0. The highest BCUT2D eigenvalue weighted by atomic mass is 32.2. The number of H-pyrrole nitrogens is 1. The minimum atomic E-state index is 0.155. The van der Waals surface area contributed by atoms with Crippen molar-refractivity contribution in [2.45, 2.75) is 76.0 Å². The Labute approximate surface area is 121 Å². The maximum absolute atomic E-state index is 4.48. The molecule has 3 nitrogen and oxygen atoms in total. The summed E-state index contributed by atoms with van der Waals surface area (Å²) in [6, 6.07) is 0. The number of rotatable bonds is 5. The standard InChI is InChI=1S/C15H27N3S/c1-15(2,3)17-10-12-9-16-14(18-12)11-19-13-7-5-4-6-8-13/h9,13,17H,4-8,10-11H2,1-3H3,(H,16,18). The molecule has 0 unspecified atom stereocenters. The van der Waals surface area contributed by atoms with Crippen molar-refractivity contribution in [3.63, 3.8) is 0 Å². The fourth-order valence-corrected chi connectivity index (χ4v) is 3.56. The molecule has 0 saturated heterocycles. The lowest BCUT2D eigenvalue weighted by atomic mass is 10.0. The zero-order valence-electron chi connectivity index (χ0n) is 12.5. The van der Waals surface area contributed by atoms with Crippen LogP contribution in [0.25, 0.3) is 0 Å². The normalized spacial score (nSPS) is 17.8. The first-order chi connectivity index (χ1) is 9.03. The summed E-state index contributed by atoms with van der Waals surface area (Å²) < 4.78 is 0. The average molecular weight is 281 g/mol. The number of thioether (sulfide) groups is 1. The van der Waals surface area contributed by atoms with Gasteiger partial charge in [-0.1, -0.05) is 19.3 Å². The molecule has 0 bridgehead atoms. The maximum Gasteiger partial charge on any atom is 0.116 e. The van der Waals surface area contributed by atoms with E-state index in [9.17, 15) is 0 Å². The summed E-state index contributed by atoms with van der Waals surface area (Å²) in [6.45, 7) is 7.42. The predicted octanol–water partition coefficient (Wildman–Crippen LogP) is 3.86. The third-order valence-corrected chi connectivity index (χ3v) is 4.88. The second-order valence-corrected chi connectivity index (χ2v) is 7.82. The smallest absolute Gasteiger partial charge is 0.116 e. The number of hydrogen-bond donors (Lipinski definition) is 2. The van der Waals surface area contributed by atoms with Crippen LogP contribution in [0.5, 0.6) is 0 Å². The molecule has 1 heterocycles. The minimum absolute atomic E-state index is 0.155. The van der Waals surface area contributed by atoms with E-state index in [0.717, 1.165) is 23.4 Å². The molecule has 1 saturated carbocycles. The Hall–Kier alpha value is -0.480. The largest absolute Gasteiger partial charge is 0.344 e. The monoisotopic (exact) mass is 281 g/mol. The van der Waals surface area contributed by atoms with Gasteiger partial charge in [0.05, 0.1) is 5.75 Å². The summed E-state index contributed by atoms with van der Waals surface area (Å²) in [5.74, 6) is 2.15. The second-order valence-electron chi connectivity index (χ2n) is 6.53. The molecule has 0 spiro atoms. The van der Waals surface area contributed by atoms with Gasteiger partial charge in [0.2, 0.25) is 0 Å². The number of imidazole rings is 1. The molecule has 1 aromatic heterocycles. The van der Waals surface area contributed by atoms with E-state index in [-0.39, 0.29) is 5.54 Å². The Balaban J connectivity index is 1.74. The fourth-order valence-electron chi connectivity index (χ4n) is 2.36. The molecule has 0 aliphatic heterocycles. The van der Waals surface area contributed by atoms with E-state index in [2.05, 4.69) is 47.8 Å². The Bertz CT molecular complexity index is 375. The zero-order chi connectivity index (χ0) is 13.7. The van der Waals surface area contributed by atoms with Gasteiger partial charge >= 0.3 is 0 Å². The predicted molar refractivity (Wildman–Crippen MR) is 83.3 cm³/mol. The van der Waals surface area contributed by atoms with Gasteiger partial charge in [0.15, 0.2) is 0 Å². The quantitative estimate of drug-likeness (QED) is 0.861. The zero-order valence-corrected chi connectivity index (χ0v) is 13.3. The van der Waals surface area contributed by atoms with Gasteiger partial charge in [0.1, 0.15) is 5.82 Å². The molecule has 19 heavy (non-hydrogen) atoms. The van der Waals surface area contributed by atoms with E-state index in [1.165, 1.54) is 37.8 Å². The first-order valence-electron chi connectivity index (χ1n) is 7.42. The van der Waals surface area contributed by atoms with Crippen LogP contribution >= 0.6 is 11.8 Å². The maximum atomic E-state index is 4.48. The molecule has 1 aliphatic rings. The molecule has 108 valence electrons. The van der Waals surface area contributed by atoms with Crippen LogP contribution in [0.15, 0.2) is 6.20 Å². The molecule has 1 aromatic rings. The third-order valence-electron chi connectivity index (χ3n) is 3.50. The van der Waals surface area contributed by atoms with Gasteiger partial charge in [-0.15, -0.1) is 0 Å². The molecule has 0 radical (unpaired) electrons. The number of nitrogens with one attached hydrogen (secondary N) is 2. The van der Waals surface area contributed by atoms with Crippen molar-refractivity contribution >= 4 is 11.8 Å². The highest BCUT2D eigenvalue weighted by molar-refractivity contribution is 7.99. The van der Waals surface area contributed by atoms with Gasteiger partial charge in [-0.2, -0.15) is 11.8 Å². The Morgan fingerprint density at radius 3 is 2.74 bits per heavy atom. The molecule has 0 amide bonds. The summed E-state index contributed by atoms with van der Waals surface area (Å²) in [6.07, 6.45) is 9.01. The molecule has 1 aliphatic carbocycles. The van der Waals surface area contributed by atoms with Crippen LogP contribution in [-0.2, 0) is 12.3 Å². The summed E-state index contributed by atoms with van der Waals surface area (Å²) in [5.41, 5.74) is 1.34. The van der Waals surface area contributed by atoms with Crippen LogP contribution in [-0.4, -0.2) is 20.8 Å². The summed E-state index contributed by atoms with van der Waals surface area (Å²) in [5, 5.41) is 4.34. The number of aromatic nitrogens is 2. The van der Waals surface area contributed by atoms with Crippen molar-refractivity contribution in [1.29, 1.82) is 0 Å². The van der Waals surface area contributed by atoms with Crippen molar-refractivity contribution in [2.75, 3.05) is 0 Å². The highest BCUT2D eigenvalue weighted by Gasteiger charge is 2.14. The van der Waals surface area contributed by atoms with E-state index in [1.807, 2.05) is 6.20 Å². The lowest BCUT2D eigenvalue weighted by molar-refractivity contribution is 0.421. The Morgan fingerprint density at radius 1 is 1.32 bits per heavy atom. The fraction of sp³-hybridized carbons (Fsp3) is 0.800. The van der Waals surface area contributed by atoms with Crippen LogP contribution in [0.2, 0.25) is 0 Å². The van der Waals surface area contributed by atoms with E-state index < -0.39 is 0 Å². The topological polar surface area (TPSA) is 40.7 Å². The van der Waals surface area contributed by atoms with Crippen LogP contribution in [0.4, 0.5) is 0 Å². The van der Waals surface area contributed by atoms with Crippen molar-refractivity contribution in [2.24, 2.45) is 0 Å². The average Bonchev–Trinajstić information content (AvgIpc) is 2.82. The van der Waals surface area contributed by atoms with Crippen LogP contribution in [0.1, 0.15) is 64.4 Å². The Morgan fingerprint density at radius 2 is 2.05 bits per heavy atom. The van der Waals surface area contributed by atoms with E-state index in [0.29, 0.717) is 0 Å². The second kappa shape index (κ2) is 6.80. The first-order valence-corrected chi connectivity index (χ1v) is 8.47. The molecule has 0 atom stereocenters. The van der Waals surface area contributed by atoms with Gasteiger partial charge in [0, 0.05) is 29.2 Å². The SMILES string of the molecule is CC(C)(C)NCc1cnc(CSC2CCCCC2)[nH]1. The van der Waals surface area contributed by atoms with Crippen molar-refractivity contribution in [3.05, 3.63) is 17.7 Å². The molecule has 2 N–H and O–H groups in total. The van der Waals surface area contributed by atoms with Gasteiger partial charge in [-0.25, -0.2) is 4.98 Å². The molecule has 4 heteroatoms. The Kier molecular flexibility index (Phi) is 5.34. The minimum Gasteiger partial charge on any atom is -0.344 e. The van der Waals surface area contributed by atoms with Crippen molar-refractivity contribution in [1.82, 2.24) is 15.3 Å². The van der Waals surface area contributed by atoms with E-state index >= 15 is 0 Å². The van der Waals surface area contributed by atoms with Crippen molar-refractivity contribution < 1.29 is 0 Å². The van der Waals surface area contributed by atoms with E-state index in [4.69, 9.17) is 0 Å². The lowest BCUT2D eigenvalue weighted by Crippen LogP contribution is -2.35. The van der Waals surface area contributed by atoms with Crippen LogP contribution in [0, 0.1) is 0 Å². The van der Waals surface area contributed by atoms with Gasteiger partial charge in [-0.3, -0.25) is 0 Å². The number of aromatic amines is 1. The summed E-state index contributed by atoms with van der Waals surface area (Å²) in [4.78, 5) is 7.92. The van der Waals surface area contributed by atoms with Gasteiger partial charge in [0.25, 0.3) is 0 Å². The first kappa shape index (κ1) is 14.9. The number of hydrogen-bond acceptors (Lipinski definition) is 3. The van der Waals surface area contributed by atoms with Gasteiger partial charge in [-0.05, 0) is 33.6 Å². The highest BCUT2D eigenvalue weighted by Crippen LogP contribution is 2.29. The summed E-state index contributed by atoms with van der Waals surface area (Å²) >= 11 is 2.07. The molecular weight excluding hydrogens is 254 g/mol. The van der Waals surface area contributed by atoms with Crippen LogP contribution in [0.3, 0.4) is 0 Å². The molecule has 0 aromatic carbocycles. The third kappa shape index (κ3) is 5.57. The van der Waals surface area contributed by atoms with Crippen molar-refractivity contribution in [3.8, 4) is 0 Å². The molecule has 2 rings (SSSR count). The lowest BCUT2D eigenvalue weighted by Gasteiger charge is -2.20. The van der Waals surface area contributed by atoms with Crippen LogP contribution < -0.4 is 5.32 Å². The number of nitrogens with zero attached hydrogens (tertiary/aromatic N) is 1.